The summed E-state index contributed by atoms with van der Waals surface area (Å²) >= 11 is 9.43. The molecule has 1 amide bonds. The Kier molecular flexibility index (Phi) is 5.66. The van der Waals surface area contributed by atoms with Gasteiger partial charge < -0.3 is 5.32 Å². The molecule has 0 heterocycles. The quantitative estimate of drug-likeness (QED) is 0.811. The molecule has 0 saturated heterocycles. The maximum atomic E-state index is 12.5. The maximum Gasteiger partial charge on any atom is 0.254 e. The van der Waals surface area contributed by atoms with Crippen molar-refractivity contribution in [1.29, 1.82) is 5.26 Å². The summed E-state index contributed by atoms with van der Waals surface area (Å²) < 4.78 is 0.792. The average molecular weight is 370 g/mol. The van der Waals surface area contributed by atoms with Gasteiger partial charge in [-0.25, -0.2) is 0 Å². The Hall–Kier alpha value is -1.05. The van der Waals surface area contributed by atoms with E-state index in [1.165, 1.54) is 6.42 Å². The number of nitriles is 1. The van der Waals surface area contributed by atoms with E-state index in [4.69, 9.17) is 11.6 Å². The molecule has 1 N–H and O–H groups in total. The van der Waals surface area contributed by atoms with Gasteiger partial charge in [-0.2, -0.15) is 5.26 Å². The van der Waals surface area contributed by atoms with Crippen LogP contribution in [-0.4, -0.2) is 11.4 Å². The molecule has 2 rings (SSSR count). The highest BCUT2D eigenvalue weighted by Gasteiger charge is 2.32. The standard InChI is InChI=1S/C16H18BrClN2O/c17-12-6-7-14(18)13(10-12)15(21)20-16(11-19)8-4-2-1-3-5-9-16/h6-7,10H,1-5,8-9H2,(H,20,21). The molecule has 0 unspecified atom stereocenters. The number of carbonyl (C=O) groups is 1. The van der Waals surface area contributed by atoms with E-state index in [2.05, 4.69) is 27.3 Å². The highest BCUT2D eigenvalue weighted by atomic mass is 79.9. The average Bonchev–Trinajstić information content (AvgIpc) is 2.44. The number of hydrogen-bond acceptors (Lipinski definition) is 2. The Bertz CT molecular complexity index is 560. The number of nitrogens with one attached hydrogen (secondary N) is 1. The molecule has 21 heavy (non-hydrogen) atoms. The Morgan fingerprint density at radius 3 is 2.48 bits per heavy atom. The van der Waals surface area contributed by atoms with Gasteiger partial charge in [0.2, 0.25) is 0 Å². The van der Waals surface area contributed by atoms with Crippen LogP contribution >= 0.6 is 27.5 Å². The van der Waals surface area contributed by atoms with Crippen molar-refractivity contribution < 1.29 is 4.79 Å². The lowest BCUT2D eigenvalue weighted by molar-refractivity contribution is 0.0908. The molecule has 5 heteroatoms. The molecule has 1 aliphatic carbocycles. The zero-order valence-corrected chi connectivity index (χ0v) is 14.1. The zero-order valence-electron chi connectivity index (χ0n) is 11.8. The van der Waals surface area contributed by atoms with Crippen LogP contribution in [0.1, 0.15) is 55.3 Å². The lowest BCUT2D eigenvalue weighted by atomic mass is 9.85. The van der Waals surface area contributed by atoms with Gasteiger partial charge in [0.05, 0.1) is 16.7 Å². The Morgan fingerprint density at radius 1 is 1.24 bits per heavy atom. The first-order valence-electron chi connectivity index (χ1n) is 7.25. The molecular formula is C16H18BrClN2O. The normalized spacial score (nSPS) is 18.1. The molecule has 1 aromatic carbocycles. The second kappa shape index (κ2) is 7.29. The van der Waals surface area contributed by atoms with Gasteiger partial charge in [0, 0.05) is 4.47 Å². The van der Waals surface area contributed by atoms with Crippen LogP contribution in [0, 0.1) is 11.3 Å². The summed E-state index contributed by atoms with van der Waals surface area (Å²) in [4.78, 5) is 12.5. The predicted molar refractivity (Wildman–Crippen MR) is 87.3 cm³/mol. The smallest absolute Gasteiger partial charge is 0.254 e. The second-order valence-corrected chi connectivity index (χ2v) is 6.86. The van der Waals surface area contributed by atoms with Crippen molar-refractivity contribution in [2.24, 2.45) is 0 Å². The van der Waals surface area contributed by atoms with Crippen LogP contribution in [0.3, 0.4) is 0 Å². The largest absolute Gasteiger partial charge is 0.334 e. The van der Waals surface area contributed by atoms with Crippen molar-refractivity contribution in [3.63, 3.8) is 0 Å². The van der Waals surface area contributed by atoms with Crippen molar-refractivity contribution >= 4 is 33.4 Å². The minimum Gasteiger partial charge on any atom is -0.334 e. The minimum atomic E-state index is -0.761. The molecule has 0 bridgehead atoms. The molecule has 1 aromatic rings. The maximum absolute atomic E-state index is 12.5. The van der Waals surface area contributed by atoms with Gasteiger partial charge in [-0.3, -0.25) is 4.79 Å². The number of hydrogen-bond donors (Lipinski definition) is 1. The SMILES string of the molecule is N#CC1(NC(=O)c2cc(Br)ccc2Cl)CCCCCCC1. The van der Waals surface area contributed by atoms with Gasteiger partial charge in [-0.15, -0.1) is 0 Å². The van der Waals surface area contributed by atoms with E-state index >= 15 is 0 Å². The first-order valence-corrected chi connectivity index (χ1v) is 8.42. The van der Waals surface area contributed by atoms with Gasteiger partial charge in [-0.1, -0.05) is 59.6 Å². The summed E-state index contributed by atoms with van der Waals surface area (Å²) in [7, 11) is 0. The van der Waals surface area contributed by atoms with Gasteiger partial charge >= 0.3 is 0 Å². The van der Waals surface area contributed by atoms with E-state index in [0.717, 1.165) is 30.2 Å². The third kappa shape index (κ3) is 4.21. The third-order valence-electron chi connectivity index (χ3n) is 3.95. The summed E-state index contributed by atoms with van der Waals surface area (Å²) in [5.74, 6) is -0.275. The van der Waals surface area contributed by atoms with Crippen LogP contribution < -0.4 is 5.32 Å². The Balaban J connectivity index is 2.18. The molecule has 1 saturated carbocycles. The van der Waals surface area contributed by atoms with E-state index in [0.29, 0.717) is 23.4 Å². The second-order valence-electron chi connectivity index (χ2n) is 5.54. The van der Waals surface area contributed by atoms with E-state index < -0.39 is 5.54 Å². The first-order chi connectivity index (χ1) is 10.1. The van der Waals surface area contributed by atoms with Gasteiger partial charge in [-0.05, 0) is 31.0 Å². The van der Waals surface area contributed by atoms with Crippen molar-refractivity contribution in [3.8, 4) is 6.07 Å². The number of halogens is 2. The lowest BCUT2D eigenvalue weighted by Gasteiger charge is -2.29. The number of benzene rings is 1. The zero-order chi connectivity index (χ0) is 15.3. The summed E-state index contributed by atoms with van der Waals surface area (Å²) in [5, 5.41) is 12.9. The van der Waals surface area contributed by atoms with Crippen LogP contribution in [0.4, 0.5) is 0 Å². The van der Waals surface area contributed by atoms with E-state index in [9.17, 15) is 10.1 Å². The Labute approximate surface area is 138 Å². The van der Waals surface area contributed by atoms with E-state index in [1.807, 2.05) is 0 Å². The number of nitrogens with zero attached hydrogens (tertiary/aromatic N) is 1. The Morgan fingerprint density at radius 2 is 1.86 bits per heavy atom. The van der Waals surface area contributed by atoms with Crippen molar-refractivity contribution in [3.05, 3.63) is 33.3 Å². The highest BCUT2D eigenvalue weighted by molar-refractivity contribution is 9.10. The van der Waals surface area contributed by atoms with Gasteiger partial charge in [0.15, 0.2) is 0 Å². The summed E-state index contributed by atoms with van der Waals surface area (Å²) in [6.45, 7) is 0. The monoisotopic (exact) mass is 368 g/mol. The lowest BCUT2D eigenvalue weighted by Crippen LogP contribution is -2.47. The topological polar surface area (TPSA) is 52.9 Å². The van der Waals surface area contributed by atoms with Crippen LogP contribution in [0.5, 0.6) is 0 Å². The van der Waals surface area contributed by atoms with Crippen molar-refractivity contribution in [2.45, 2.75) is 50.5 Å². The molecular weight excluding hydrogens is 352 g/mol. The predicted octanol–water partition coefficient (Wildman–Crippen LogP) is 4.84. The molecule has 0 atom stereocenters. The molecule has 112 valence electrons. The summed E-state index contributed by atoms with van der Waals surface area (Å²) in [6.07, 6.45) is 6.82. The molecule has 0 aromatic heterocycles. The van der Waals surface area contributed by atoms with Crippen molar-refractivity contribution in [1.82, 2.24) is 5.32 Å². The number of rotatable bonds is 2. The molecule has 0 spiro atoms. The minimum absolute atomic E-state index is 0.275. The summed E-state index contributed by atoms with van der Waals surface area (Å²) in [5.41, 5.74) is -0.355. The van der Waals surface area contributed by atoms with Gasteiger partial charge in [0.25, 0.3) is 5.91 Å². The first kappa shape index (κ1) is 16.3. The molecule has 0 radical (unpaired) electrons. The van der Waals surface area contributed by atoms with Crippen molar-refractivity contribution in [2.75, 3.05) is 0 Å². The third-order valence-corrected chi connectivity index (χ3v) is 4.77. The van der Waals surface area contributed by atoms with Crippen LogP contribution in [0.15, 0.2) is 22.7 Å². The molecule has 3 nitrogen and oxygen atoms in total. The number of carbonyl (C=O) groups excluding carboxylic acids is 1. The molecule has 0 aliphatic heterocycles. The van der Waals surface area contributed by atoms with Crippen LogP contribution in [0.2, 0.25) is 5.02 Å². The van der Waals surface area contributed by atoms with Gasteiger partial charge in [0.1, 0.15) is 5.54 Å². The highest BCUT2D eigenvalue weighted by Crippen LogP contribution is 2.27. The van der Waals surface area contributed by atoms with E-state index in [1.54, 1.807) is 18.2 Å². The van der Waals surface area contributed by atoms with E-state index in [-0.39, 0.29) is 5.91 Å². The fourth-order valence-electron chi connectivity index (χ4n) is 2.73. The fourth-order valence-corrected chi connectivity index (χ4v) is 3.29. The van der Waals surface area contributed by atoms with Crippen LogP contribution in [0.25, 0.3) is 0 Å². The number of amides is 1. The summed E-state index contributed by atoms with van der Waals surface area (Å²) in [6, 6.07) is 7.48. The molecule has 1 aliphatic rings. The molecule has 1 fully saturated rings. The fraction of sp³-hybridized carbons (Fsp3) is 0.500. The van der Waals surface area contributed by atoms with Crippen LogP contribution in [-0.2, 0) is 0 Å².